The molecule has 168 valence electrons. The molecule has 3 aromatic carbocycles. The summed E-state index contributed by atoms with van der Waals surface area (Å²) in [4.78, 5) is 18.1. The van der Waals surface area contributed by atoms with Crippen LogP contribution in [0.15, 0.2) is 88.8 Å². The normalized spacial score (nSPS) is 11.1. The van der Waals surface area contributed by atoms with Crippen molar-refractivity contribution in [1.82, 2.24) is 14.7 Å². The number of pyridine rings is 1. The predicted octanol–water partition coefficient (Wildman–Crippen LogP) is 6.28. The number of rotatable bonds is 6. The number of aryl methyl sites for hydroxylation is 2. The van der Waals surface area contributed by atoms with Crippen molar-refractivity contribution in [2.45, 2.75) is 26.8 Å². The Balaban J connectivity index is 1.64. The zero-order valence-electron chi connectivity index (χ0n) is 19.3. The van der Waals surface area contributed by atoms with Crippen LogP contribution in [0, 0.1) is 6.92 Å². The molecule has 0 aliphatic carbocycles. The average Bonchev–Trinajstić information content (AvgIpc) is 3.36. The van der Waals surface area contributed by atoms with Crippen LogP contribution >= 0.6 is 0 Å². The molecule has 5 nitrogen and oxygen atoms in total. The van der Waals surface area contributed by atoms with Gasteiger partial charge < -0.3 is 9.09 Å². The van der Waals surface area contributed by atoms with E-state index >= 15 is 0 Å². The Bertz CT molecular complexity index is 1540. The lowest BCUT2D eigenvalue weighted by atomic mass is 10.1. The molecule has 34 heavy (non-hydrogen) atoms. The number of hydrogen-bond acceptors (Lipinski definition) is 4. The van der Waals surface area contributed by atoms with Crippen molar-refractivity contribution in [2.24, 2.45) is 0 Å². The zero-order chi connectivity index (χ0) is 23.7. The minimum Gasteiger partial charge on any atom is -0.342 e. The zero-order valence-corrected chi connectivity index (χ0v) is 19.3. The summed E-state index contributed by atoms with van der Waals surface area (Å²) in [5.74, 6) is 0.684. The first-order chi connectivity index (χ1) is 16.6. The summed E-state index contributed by atoms with van der Waals surface area (Å²) in [6, 6.07) is 22.2. The standard InChI is InChI=1S/C29H25N3O2/c1-4-20-8-10-22(11-9-20)17-32-18-25(27(33)24-16-21(5-2)12-15-26(24)32)29-30-28(31-34-29)23-13-6-19(3)7-14-23/h4,6-16,18H,1,5,17H2,2-3H3. The van der Waals surface area contributed by atoms with Gasteiger partial charge in [-0.15, -0.1) is 0 Å². The maximum absolute atomic E-state index is 13.5. The third-order valence-corrected chi connectivity index (χ3v) is 6.09. The van der Waals surface area contributed by atoms with Gasteiger partial charge in [0.1, 0.15) is 5.56 Å². The summed E-state index contributed by atoms with van der Waals surface area (Å²) in [5, 5.41) is 4.78. The Kier molecular flexibility index (Phi) is 5.68. The third-order valence-electron chi connectivity index (χ3n) is 6.09. The fourth-order valence-corrected chi connectivity index (χ4v) is 4.06. The molecular formula is C29H25N3O2. The van der Waals surface area contributed by atoms with Gasteiger partial charge >= 0.3 is 0 Å². The van der Waals surface area contributed by atoms with Crippen LogP contribution < -0.4 is 5.43 Å². The van der Waals surface area contributed by atoms with Gasteiger partial charge in [0.15, 0.2) is 0 Å². The highest BCUT2D eigenvalue weighted by Crippen LogP contribution is 2.24. The molecule has 0 saturated carbocycles. The summed E-state index contributed by atoms with van der Waals surface area (Å²) in [7, 11) is 0. The Morgan fingerprint density at radius 3 is 2.44 bits per heavy atom. The SMILES string of the molecule is C=Cc1ccc(Cn2cc(-c3nc(-c4ccc(C)cc4)no3)c(=O)c3cc(CC)ccc32)cc1. The van der Waals surface area contributed by atoms with Gasteiger partial charge in [0.2, 0.25) is 11.3 Å². The topological polar surface area (TPSA) is 60.9 Å². The molecule has 0 bridgehead atoms. The van der Waals surface area contributed by atoms with E-state index in [2.05, 4.69) is 46.4 Å². The molecule has 5 rings (SSSR count). The third kappa shape index (κ3) is 4.08. The van der Waals surface area contributed by atoms with Crippen molar-refractivity contribution in [2.75, 3.05) is 0 Å². The highest BCUT2D eigenvalue weighted by atomic mass is 16.5. The van der Waals surface area contributed by atoms with Gasteiger partial charge in [0.05, 0.1) is 5.52 Å². The maximum Gasteiger partial charge on any atom is 0.263 e. The van der Waals surface area contributed by atoms with Gasteiger partial charge in [-0.05, 0) is 42.2 Å². The summed E-state index contributed by atoms with van der Waals surface area (Å²) in [6.07, 6.45) is 4.50. The van der Waals surface area contributed by atoms with Crippen molar-refractivity contribution in [3.63, 3.8) is 0 Å². The van der Waals surface area contributed by atoms with Gasteiger partial charge in [-0.2, -0.15) is 4.98 Å². The van der Waals surface area contributed by atoms with Crippen LogP contribution in [0.1, 0.15) is 29.2 Å². The predicted molar refractivity (Wildman–Crippen MR) is 137 cm³/mol. The van der Waals surface area contributed by atoms with Crippen molar-refractivity contribution >= 4 is 17.0 Å². The van der Waals surface area contributed by atoms with Gasteiger partial charge in [-0.3, -0.25) is 4.79 Å². The lowest BCUT2D eigenvalue weighted by Crippen LogP contribution is -2.13. The van der Waals surface area contributed by atoms with Crippen molar-refractivity contribution in [3.05, 3.63) is 112 Å². The van der Waals surface area contributed by atoms with E-state index in [4.69, 9.17) is 4.52 Å². The fourth-order valence-electron chi connectivity index (χ4n) is 4.06. The molecule has 2 heterocycles. The Labute approximate surface area is 198 Å². The van der Waals surface area contributed by atoms with Crippen LogP contribution in [0.4, 0.5) is 0 Å². The second-order valence-corrected chi connectivity index (χ2v) is 8.44. The molecule has 5 heteroatoms. The summed E-state index contributed by atoms with van der Waals surface area (Å²) < 4.78 is 7.65. The van der Waals surface area contributed by atoms with Gasteiger partial charge in [0, 0.05) is 23.7 Å². The quantitative estimate of drug-likeness (QED) is 0.307. The van der Waals surface area contributed by atoms with Crippen LogP contribution in [0.3, 0.4) is 0 Å². The van der Waals surface area contributed by atoms with Crippen LogP contribution in [-0.4, -0.2) is 14.7 Å². The van der Waals surface area contributed by atoms with Crippen LogP contribution in [0.5, 0.6) is 0 Å². The molecular weight excluding hydrogens is 422 g/mol. The summed E-state index contributed by atoms with van der Waals surface area (Å²) in [5.41, 5.74) is 6.45. The molecule has 0 N–H and O–H groups in total. The summed E-state index contributed by atoms with van der Waals surface area (Å²) >= 11 is 0. The number of nitrogens with zero attached hydrogens (tertiary/aromatic N) is 3. The van der Waals surface area contributed by atoms with Crippen LogP contribution in [0.25, 0.3) is 39.8 Å². The first-order valence-corrected chi connectivity index (χ1v) is 11.3. The van der Waals surface area contributed by atoms with Crippen molar-refractivity contribution in [1.29, 1.82) is 0 Å². The minimum absolute atomic E-state index is 0.109. The Hall–Kier alpha value is -4.25. The number of benzene rings is 3. The monoisotopic (exact) mass is 447 g/mol. The molecule has 0 amide bonds. The second kappa shape index (κ2) is 8.94. The highest BCUT2D eigenvalue weighted by molar-refractivity contribution is 5.83. The maximum atomic E-state index is 13.5. The van der Waals surface area contributed by atoms with E-state index in [1.165, 1.54) is 0 Å². The lowest BCUT2D eigenvalue weighted by Gasteiger charge is -2.14. The van der Waals surface area contributed by atoms with E-state index in [1.54, 1.807) is 0 Å². The number of aromatic nitrogens is 3. The average molecular weight is 448 g/mol. The molecule has 0 unspecified atom stereocenters. The first kappa shape index (κ1) is 21.6. The van der Waals surface area contributed by atoms with E-state index in [0.29, 0.717) is 23.3 Å². The van der Waals surface area contributed by atoms with Crippen molar-refractivity contribution in [3.8, 4) is 22.8 Å². The van der Waals surface area contributed by atoms with Gasteiger partial charge in [-0.1, -0.05) is 84.9 Å². The van der Waals surface area contributed by atoms with E-state index in [-0.39, 0.29) is 11.3 Å². The number of fused-ring (bicyclic) bond motifs is 1. The van der Waals surface area contributed by atoms with Gasteiger partial charge in [-0.25, -0.2) is 0 Å². The Morgan fingerprint density at radius 2 is 1.74 bits per heavy atom. The number of hydrogen-bond donors (Lipinski definition) is 0. The fraction of sp³-hybridized carbons (Fsp3) is 0.138. The van der Waals surface area contributed by atoms with E-state index in [1.807, 2.05) is 67.7 Å². The lowest BCUT2D eigenvalue weighted by molar-refractivity contribution is 0.431. The molecule has 0 spiro atoms. The Morgan fingerprint density at radius 1 is 1.00 bits per heavy atom. The second-order valence-electron chi connectivity index (χ2n) is 8.44. The molecule has 0 radical (unpaired) electrons. The van der Waals surface area contributed by atoms with E-state index < -0.39 is 0 Å². The largest absolute Gasteiger partial charge is 0.342 e. The first-order valence-electron chi connectivity index (χ1n) is 11.3. The summed E-state index contributed by atoms with van der Waals surface area (Å²) in [6.45, 7) is 8.53. The van der Waals surface area contributed by atoms with E-state index in [0.717, 1.165) is 39.8 Å². The molecule has 5 aromatic rings. The smallest absolute Gasteiger partial charge is 0.263 e. The minimum atomic E-state index is -0.109. The van der Waals surface area contributed by atoms with Gasteiger partial charge in [0.25, 0.3) is 5.89 Å². The molecule has 2 aromatic heterocycles. The molecule has 0 saturated heterocycles. The molecule has 0 atom stereocenters. The van der Waals surface area contributed by atoms with E-state index in [9.17, 15) is 4.79 Å². The van der Waals surface area contributed by atoms with Crippen LogP contribution in [-0.2, 0) is 13.0 Å². The van der Waals surface area contributed by atoms with Crippen molar-refractivity contribution < 1.29 is 4.52 Å². The molecule has 0 fully saturated rings. The molecule has 0 aliphatic rings. The highest BCUT2D eigenvalue weighted by Gasteiger charge is 2.18. The van der Waals surface area contributed by atoms with Crippen LogP contribution in [0.2, 0.25) is 0 Å². The molecule has 0 aliphatic heterocycles.